The maximum atomic E-state index is 2.22. The molecule has 0 saturated carbocycles. The molecule has 6 nitrogen and oxygen atoms in total. The molecule has 6 heteroatoms. The molecule has 0 amide bonds. The van der Waals surface area contributed by atoms with Crippen molar-refractivity contribution in [1.29, 1.82) is 0 Å². The summed E-state index contributed by atoms with van der Waals surface area (Å²) in [5, 5.41) is 0. The molecule has 0 aromatic heterocycles. The minimum atomic E-state index is 1.18. The SMILES string of the molecule is CN(C)C.CN(c1ccccc1)c1ccc(-c2ccc(-c3ccccc3)cc2)cc1.CN(c1ccccc1)c1ccc(-c2ccccc2)cc1.CN(c1ccccc1)c1cccc(-c2ccccc2)c1.CN(c1ccccc1)c1ccccc1.CN(c1ccccc1)c1ccccc1-c1ccccc1. The summed E-state index contributed by atoms with van der Waals surface area (Å²) in [7, 11) is 16.5. The molecule has 0 spiro atoms. The van der Waals surface area contributed by atoms with Gasteiger partial charge in [0.1, 0.15) is 0 Å². The summed E-state index contributed by atoms with van der Waals surface area (Å²) in [6.07, 6.45) is 0. The molecule has 516 valence electrons. The highest BCUT2D eigenvalue weighted by atomic mass is 15.1. The first-order valence-corrected chi connectivity index (χ1v) is 35.3. The lowest BCUT2D eigenvalue weighted by Crippen LogP contribution is -2.10. The standard InChI is InChI=1S/C25H21N.3C19H17N.C13H13N.C3H9N/c1-26(24-10-6-3-7-11-24)25-18-16-23(17-19-25)22-14-12-21(13-15-22)20-8-4-2-5-9-20;1-20(17-12-6-3-7-13-17)19-15-9-8-14-18(19)16-10-4-2-5-11-16;1-20(18-12-6-3-7-13-18)19-14-8-11-17(15-19)16-9-4-2-5-10-16;1-20(18-10-6-3-7-11-18)19-14-12-17(13-15-19)16-8-4-2-5-9-16;1-14(12-8-4-2-5-9-12)13-10-6-3-7-11-13;1-4(2)3/h2-19H,1H3;3*2-15H,1H3;2-11H,1H3;1-3H3. The first-order valence-electron chi connectivity index (χ1n) is 35.3. The smallest absolute Gasteiger partial charge is 0.0487 e. The van der Waals surface area contributed by atoms with Gasteiger partial charge in [-0.2, -0.15) is 0 Å². The van der Waals surface area contributed by atoms with Crippen LogP contribution in [0.25, 0.3) is 55.6 Å². The zero-order valence-electron chi connectivity index (χ0n) is 61.1. The second-order valence-electron chi connectivity index (χ2n) is 25.4. The van der Waals surface area contributed by atoms with Gasteiger partial charge in [-0.3, -0.25) is 0 Å². The molecule has 0 unspecified atom stereocenters. The first-order chi connectivity index (χ1) is 51.0. The van der Waals surface area contributed by atoms with Crippen molar-refractivity contribution in [2.45, 2.75) is 0 Å². The van der Waals surface area contributed by atoms with E-state index >= 15 is 0 Å². The lowest BCUT2D eigenvalue weighted by molar-refractivity contribution is 0.505. The van der Waals surface area contributed by atoms with E-state index in [4.69, 9.17) is 0 Å². The summed E-state index contributed by atoms with van der Waals surface area (Å²) in [5.41, 5.74) is 24.4. The predicted octanol–water partition coefficient (Wildman–Crippen LogP) is 25.8. The lowest BCUT2D eigenvalue weighted by Gasteiger charge is -2.22. The van der Waals surface area contributed by atoms with Crippen molar-refractivity contribution in [3.8, 4) is 55.6 Å². The van der Waals surface area contributed by atoms with Crippen LogP contribution in [0.2, 0.25) is 0 Å². The van der Waals surface area contributed by atoms with Gasteiger partial charge in [-0.15, -0.1) is 0 Å². The molecule has 0 bridgehead atoms. The van der Waals surface area contributed by atoms with E-state index in [0.717, 1.165) is 0 Å². The van der Waals surface area contributed by atoms with Crippen LogP contribution >= 0.6 is 0 Å². The van der Waals surface area contributed by atoms with Crippen molar-refractivity contribution in [2.24, 2.45) is 0 Å². The molecule has 0 atom stereocenters. The van der Waals surface area contributed by atoms with Crippen LogP contribution in [0.4, 0.5) is 56.9 Å². The van der Waals surface area contributed by atoms with Gasteiger partial charge in [0.2, 0.25) is 0 Å². The van der Waals surface area contributed by atoms with Crippen LogP contribution in [0, 0.1) is 0 Å². The number of para-hydroxylation sites is 7. The molecule has 15 aromatic carbocycles. The Kier molecular flexibility index (Phi) is 28.0. The monoisotopic (exact) mass is 1350 g/mol. The normalized spacial score (nSPS) is 10.2. The molecular weight excluding hydrogens is 1260 g/mol. The van der Waals surface area contributed by atoms with Crippen LogP contribution in [0.5, 0.6) is 0 Å². The van der Waals surface area contributed by atoms with Crippen molar-refractivity contribution in [3.05, 3.63) is 425 Å². The van der Waals surface area contributed by atoms with E-state index in [1.165, 1.54) is 113 Å². The van der Waals surface area contributed by atoms with Crippen LogP contribution in [0.3, 0.4) is 0 Å². The number of anilines is 10. The number of rotatable bonds is 15. The molecule has 0 radical (unpaired) electrons. The highest BCUT2D eigenvalue weighted by Crippen LogP contribution is 2.35. The highest BCUT2D eigenvalue weighted by molar-refractivity contribution is 5.82. The maximum absolute atomic E-state index is 2.22. The quantitative estimate of drug-likeness (QED) is 0.101. The van der Waals surface area contributed by atoms with Crippen LogP contribution in [-0.2, 0) is 0 Å². The molecule has 15 aromatic rings. The second kappa shape index (κ2) is 39.3. The third-order valence-electron chi connectivity index (χ3n) is 17.5. The van der Waals surface area contributed by atoms with Crippen LogP contribution in [0.15, 0.2) is 425 Å². The van der Waals surface area contributed by atoms with Gasteiger partial charge in [0.15, 0.2) is 0 Å². The topological polar surface area (TPSA) is 19.4 Å². The largest absolute Gasteiger partial charge is 0.345 e. The summed E-state index contributed by atoms with van der Waals surface area (Å²) in [6.45, 7) is 0. The third kappa shape index (κ3) is 21.9. The number of hydrogen-bond acceptors (Lipinski definition) is 6. The molecule has 0 aliphatic rings. The van der Waals surface area contributed by atoms with E-state index in [0.29, 0.717) is 0 Å². The number of nitrogens with zero attached hydrogens (tertiary/aromatic N) is 6. The van der Waals surface area contributed by atoms with E-state index in [2.05, 4.69) is 424 Å². The Morgan fingerprint density at radius 3 is 0.615 bits per heavy atom. The van der Waals surface area contributed by atoms with Gasteiger partial charge in [-0.1, -0.05) is 309 Å². The molecule has 0 aliphatic carbocycles. The average Bonchev–Trinajstić information content (AvgIpc) is 0.878. The van der Waals surface area contributed by atoms with Gasteiger partial charge >= 0.3 is 0 Å². The van der Waals surface area contributed by atoms with Gasteiger partial charge in [-0.05, 0) is 186 Å². The third-order valence-corrected chi connectivity index (χ3v) is 17.5. The van der Waals surface area contributed by atoms with Crippen LogP contribution in [-0.4, -0.2) is 61.3 Å². The fraction of sp³-hybridized carbons (Fsp3) is 0.0816. The Morgan fingerprint density at radius 1 is 0.135 bits per heavy atom. The highest BCUT2D eigenvalue weighted by Gasteiger charge is 2.12. The summed E-state index contributed by atoms with van der Waals surface area (Å²) in [6, 6.07) is 147. The van der Waals surface area contributed by atoms with Crippen LogP contribution in [0.1, 0.15) is 0 Å². The molecule has 15 rings (SSSR count). The van der Waals surface area contributed by atoms with Crippen molar-refractivity contribution >= 4 is 56.9 Å². The minimum Gasteiger partial charge on any atom is -0.345 e. The molecule has 0 heterocycles. The summed E-state index contributed by atoms with van der Waals surface area (Å²) in [4.78, 5) is 13.0. The zero-order chi connectivity index (χ0) is 72.5. The van der Waals surface area contributed by atoms with Crippen molar-refractivity contribution in [1.82, 2.24) is 4.90 Å². The summed E-state index contributed by atoms with van der Waals surface area (Å²) >= 11 is 0. The Morgan fingerprint density at radius 2 is 0.317 bits per heavy atom. The fourth-order valence-electron chi connectivity index (χ4n) is 11.7. The van der Waals surface area contributed by atoms with Crippen molar-refractivity contribution in [2.75, 3.05) is 80.9 Å². The van der Waals surface area contributed by atoms with E-state index < -0.39 is 0 Å². The number of benzene rings is 15. The molecule has 0 fully saturated rings. The summed E-state index contributed by atoms with van der Waals surface area (Å²) in [5.74, 6) is 0. The fourth-order valence-corrected chi connectivity index (χ4v) is 11.7. The predicted molar refractivity (Wildman–Crippen MR) is 452 cm³/mol. The number of hydrogen-bond donors (Lipinski definition) is 0. The van der Waals surface area contributed by atoms with Crippen molar-refractivity contribution in [3.63, 3.8) is 0 Å². The Labute approximate surface area is 619 Å². The van der Waals surface area contributed by atoms with Gasteiger partial charge in [-0.25, -0.2) is 0 Å². The zero-order valence-corrected chi connectivity index (χ0v) is 61.1. The van der Waals surface area contributed by atoms with Gasteiger partial charge in [0, 0.05) is 97.7 Å². The maximum Gasteiger partial charge on any atom is 0.0487 e. The molecule has 0 N–H and O–H groups in total. The van der Waals surface area contributed by atoms with Gasteiger partial charge in [0.25, 0.3) is 0 Å². The van der Waals surface area contributed by atoms with Crippen LogP contribution < -0.4 is 24.5 Å². The van der Waals surface area contributed by atoms with Crippen molar-refractivity contribution < 1.29 is 0 Å². The average molecular weight is 1360 g/mol. The molecule has 104 heavy (non-hydrogen) atoms. The van der Waals surface area contributed by atoms with Gasteiger partial charge in [0.05, 0.1) is 0 Å². The van der Waals surface area contributed by atoms with E-state index in [-0.39, 0.29) is 0 Å². The minimum absolute atomic E-state index is 1.18. The molecular formula is C98H94N6. The van der Waals surface area contributed by atoms with Gasteiger partial charge < -0.3 is 29.4 Å². The lowest BCUT2D eigenvalue weighted by atomic mass is 10.00. The first kappa shape index (κ1) is 74.0. The molecule has 0 saturated heterocycles. The Bertz CT molecular complexity index is 4780. The second-order valence-corrected chi connectivity index (χ2v) is 25.4. The van der Waals surface area contributed by atoms with E-state index in [9.17, 15) is 0 Å². The van der Waals surface area contributed by atoms with E-state index in [1.807, 2.05) is 86.7 Å². The Hall–Kier alpha value is -12.7. The Balaban J connectivity index is 0.000000139. The van der Waals surface area contributed by atoms with E-state index in [1.54, 1.807) is 0 Å². The molecule has 0 aliphatic heterocycles. The summed E-state index contributed by atoms with van der Waals surface area (Å²) < 4.78 is 0.